The molecule has 2 aromatic rings. The van der Waals surface area contributed by atoms with E-state index >= 15 is 0 Å². The molecule has 1 atom stereocenters. The summed E-state index contributed by atoms with van der Waals surface area (Å²) < 4.78 is 5.42. The molecule has 3 amide bonds. The van der Waals surface area contributed by atoms with Gasteiger partial charge in [-0.05, 0) is 48.9 Å². The van der Waals surface area contributed by atoms with E-state index in [2.05, 4.69) is 10.6 Å². The average molecular weight is 395 g/mol. The monoisotopic (exact) mass is 395 g/mol. The number of nitrogens with zero attached hydrogens (tertiary/aromatic N) is 1. The summed E-state index contributed by atoms with van der Waals surface area (Å²) in [6.07, 6.45) is 0.185. The first-order valence-corrected chi connectivity index (χ1v) is 9.63. The van der Waals surface area contributed by atoms with E-state index < -0.39 is 5.92 Å². The molecular weight excluding hydrogens is 370 g/mol. The van der Waals surface area contributed by atoms with E-state index in [4.69, 9.17) is 4.74 Å². The van der Waals surface area contributed by atoms with Gasteiger partial charge in [0.25, 0.3) is 0 Å². The Kier molecular flexibility index (Phi) is 6.49. The van der Waals surface area contributed by atoms with Gasteiger partial charge in [-0.15, -0.1) is 0 Å². The van der Waals surface area contributed by atoms with E-state index in [0.717, 1.165) is 17.0 Å². The fraction of sp³-hybridized carbons (Fsp3) is 0.318. The molecule has 3 rings (SSSR count). The standard InChI is InChI=1S/C22H25N3O4/c1-3-29-20-9-7-19(8-10-20)25-14-17(12-21(25)27)22(28)23-13-16-5-4-6-18(11-16)24-15(2)26/h4-11,17H,3,12-14H2,1-2H3,(H,23,28)(H,24,26). The molecule has 0 aliphatic carbocycles. The number of nitrogens with one attached hydrogen (secondary N) is 2. The van der Waals surface area contributed by atoms with E-state index in [0.29, 0.717) is 25.4 Å². The summed E-state index contributed by atoms with van der Waals surface area (Å²) in [6, 6.07) is 14.6. The highest BCUT2D eigenvalue weighted by Crippen LogP contribution is 2.27. The third-order valence-electron chi connectivity index (χ3n) is 4.67. The van der Waals surface area contributed by atoms with E-state index in [-0.39, 0.29) is 24.1 Å². The minimum atomic E-state index is -0.396. The van der Waals surface area contributed by atoms with Crippen LogP contribution < -0.4 is 20.3 Å². The fourth-order valence-electron chi connectivity index (χ4n) is 3.32. The second kappa shape index (κ2) is 9.23. The molecule has 1 unspecified atom stereocenters. The number of hydrogen-bond acceptors (Lipinski definition) is 4. The van der Waals surface area contributed by atoms with Crippen LogP contribution >= 0.6 is 0 Å². The van der Waals surface area contributed by atoms with Crippen molar-refractivity contribution < 1.29 is 19.1 Å². The van der Waals surface area contributed by atoms with Crippen molar-refractivity contribution >= 4 is 29.1 Å². The highest BCUT2D eigenvalue weighted by molar-refractivity contribution is 6.00. The van der Waals surface area contributed by atoms with Gasteiger partial charge in [0.05, 0.1) is 12.5 Å². The van der Waals surface area contributed by atoms with Gasteiger partial charge in [0, 0.05) is 37.8 Å². The number of ether oxygens (including phenoxy) is 1. The molecule has 29 heavy (non-hydrogen) atoms. The maximum atomic E-state index is 12.6. The molecule has 1 fully saturated rings. The Morgan fingerprint density at radius 1 is 1.17 bits per heavy atom. The van der Waals surface area contributed by atoms with Crippen LogP contribution in [-0.2, 0) is 20.9 Å². The molecule has 0 aromatic heterocycles. The second-order valence-corrected chi connectivity index (χ2v) is 6.93. The van der Waals surface area contributed by atoms with Gasteiger partial charge in [-0.25, -0.2) is 0 Å². The minimum Gasteiger partial charge on any atom is -0.494 e. The molecule has 1 aliphatic heterocycles. The molecule has 1 aliphatic rings. The molecule has 1 heterocycles. The van der Waals surface area contributed by atoms with Crippen molar-refractivity contribution in [3.05, 3.63) is 54.1 Å². The van der Waals surface area contributed by atoms with Gasteiger partial charge < -0.3 is 20.3 Å². The fourth-order valence-corrected chi connectivity index (χ4v) is 3.32. The zero-order valence-corrected chi connectivity index (χ0v) is 16.6. The van der Waals surface area contributed by atoms with Gasteiger partial charge in [0.2, 0.25) is 17.7 Å². The van der Waals surface area contributed by atoms with Gasteiger partial charge in [-0.1, -0.05) is 12.1 Å². The number of anilines is 2. The Morgan fingerprint density at radius 2 is 1.93 bits per heavy atom. The van der Waals surface area contributed by atoms with Crippen LogP contribution in [-0.4, -0.2) is 30.9 Å². The van der Waals surface area contributed by atoms with E-state index in [1.54, 1.807) is 11.0 Å². The van der Waals surface area contributed by atoms with Crippen LogP contribution in [0.15, 0.2) is 48.5 Å². The van der Waals surface area contributed by atoms with Crippen LogP contribution in [0.1, 0.15) is 25.8 Å². The zero-order chi connectivity index (χ0) is 20.8. The average Bonchev–Trinajstić information content (AvgIpc) is 3.08. The Labute approximate surface area is 170 Å². The second-order valence-electron chi connectivity index (χ2n) is 6.93. The first-order valence-electron chi connectivity index (χ1n) is 9.63. The Balaban J connectivity index is 1.57. The smallest absolute Gasteiger partial charge is 0.227 e. The predicted octanol–water partition coefficient (Wildman–Crippen LogP) is 2.71. The Bertz CT molecular complexity index is 895. The summed E-state index contributed by atoms with van der Waals surface area (Å²) in [4.78, 5) is 37.8. The number of hydrogen-bond donors (Lipinski definition) is 2. The Hall–Kier alpha value is -3.35. The molecule has 1 saturated heterocycles. The molecule has 7 heteroatoms. The van der Waals surface area contributed by atoms with Crippen LogP contribution in [0, 0.1) is 5.92 Å². The third kappa shape index (κ3) is 5.34. The van der Waals surface area contributed by atoms with Crippen LogP contribution in [0.4, 0.5) is 11.4 Å². The minimum absolute atomic E-state index is 0.0676. The molecule has 0 spiro atoms. The molecule has 0 saturated carbocycles. The van der Waals surface area contributed by atoms with Crippen LogP contribution in [0.2, 0.25) is 0 Å². The van der Waals surface area contributed by atoms with E-state index in [9.17, 15) is 14.4 Å². The highest BCUT2D eigenvalue weighted by Gasteiger charge is 2.35. The lowest BCUT2D eigenvalue weighted by Gasteiger charge is -2.17. The Morgan fingerprint density at radius 3 is 2.62 bits per heavy atom. The summed E-state index contributed by atoms with van der Waals surface area (Å²) in [5.74, 6) is -0.0185. The van der Waals surface area contributed by atoms with Crippen molar-refractivity contribution in [2.75, 3.05) is 23.4 Å². The highest BCUT2D eigenvalue weighted by atomic mass is 16.5. The molecule has 152 valence electrons. The molecule has 7 nitrogen and oxygen atoms in total. The lowest BCUT2D eigenvalue weighted by molar-refractivity contribution is -0.126. The molecule has 2 N–H and O–H groups in total. The lowest BCUT2D eigenvalue weighted by Crippen LogP contribution is -2.32. The van der Waals surface area contributed by atoms with E-state index in [1.165, 1.54) is 6.92 Å². The maximum Gasteiger partial charge on any atom is 0.227 e. The zero-order valence-electron chi connectivity index (χ0n) is 16.6. The quantitative estimate of drug-likeness (QED) is 0.755. The largest absolute Gasteiger partial charge is 0.494 e. The molecular formula is C22H25N3O4. The molecule has 2 aromatic carbocycles. The van der Waals surface area contributed by atoms with Crippen molar-refractivity contribution in [2.45, 2.75) is 26.8 Å². The first-order chi connectivity index (χ1) is 14.0. The number of rotatable bonds is 7. The predicted molar refractivity (Wildman–Crippen MR) is 111 cm³/mol. The van der Waals surface area contributed by atoms with Gasteiger partial charge in [-0.2, -0.15) is 0 Å². The summed E-state index contributed by atoms with van der Waals surface area (Å²) in [7, 11) is 0. The molecule has 0 bridgehead atoms. The summed E-state index contributed by atoms with van der Waals surface area (Å²) >= 11 is 0. The maximum absolute atomic E-state index is 12.6. The van der Waals surface area contributed by atoms with Crippen LogP contribution in [0.25, 0.3) is 0 Å². The van der Waals surface area contributed by atoms with Crippen LogP contribution in [0.3, 0.4) is 0 Å². The van der Waals surface area contributed by atoms with Crippen LogP contribution in [0.5, 0.6) is 5.75 Å². The van der Waals surface area contributed by atoms with Crippen molar-refractivity contribution in [1.29, 1.82) is 0 Å². The summed E-state index contributed by atoms with van der Waals surface area (Å²) in [5, 5.41) is 5.61. The molecule has 0 radical (unpaired) electrons. The van der Waals surface area contributed by atoms with Gasteiger partial charge >= 0.3 is 0 Å². The van der Waals surface area contributed by atoms with Crippen molar-refractivity contribution in [3.63, 3.8) is 0 Å². The van der Waals surface area contributed by atoms with Crippen molar-refractivity contribution in [3.8, 4) is 5.75 Å². The van der Waals surface area contributed by atoms with Gasteiger partial charge in [0.1, 0.15) is 5.75 Å². The topological polar surface area (TPSA) is 87.7 Å². The van der Waals surface area contributed by atoms with Crippen molar-refractivity contribution in [1.82, 2.24) is 5.32 Å². The normalized spacial score (nSPS) is 15.9. The number of carbonyl (C=O) groups excluding carboxylic acids is 3. The lowest BCUT2D eigenvalue weighted by atomic mass is 10.1. The summed E-state index contributed by atoms with van der Waals surface area (Å²) in [5.41, 5.74) is 2.32. The van der Waals surface area contributed by atoms with E-state index in [1.807, 2.05) is 49.4 Å². The number of carbonyl (C=O) groups is 3. The van der Waals surface area contributed by atoms with Crippen molar-refractivity contribution in [2.24, 2.45) is 5.92 Å². The van der Waals surface area contributed by atoms with Gasteiger partial charge in [-0.3, -0.25) is 14.4 Å². The number of benzene rings is 2. The first kappa shape index (κ1) is 20.4. The summed E-state index contributed by atoms with van der Waals surface area (Å²) in [6.45, 7) is 4.63. The SMILES string of the molecule is CCOc1ccc(N2CC(C(=O)NCc3cccc(NC(C)=O)c3)CC2=O)cc1. The third-order valence-corrected chi connectivity index (χ3v) is 4.67. The number of amides is 3. The van der Waals surface area contributed by atoms with Gasteiger partial charge in [0.15, 0.2) is 0 Å².